The summed E-state index contributed by atoms with van der Waals surface area (Å²) in [6.07, 6.45) is 0. The molecule has 6 heteroatoms. The number of nitrogen functional groups attached to an aromatic ring is 1. The Labute approximate surface area is 90.2 Å². The van der Waals surface area contributed by atoms with Gasteiger partial charge in [0.1, 0.15) is 6.61 Å². The lowest BCUT2D eigenvalue weighted by Gasteiger charge is -2.07. The lowest BCUT2D eigenvalue weighted by atomic mass is 10.1. The minimum absolute atomic E-state index is 0.198. The maximum absolute atomic E-state index is 11.8. The number of nitrogens with zero attached hydrogens (tertiary/aromatic N) is 1. The van der Waals surface area contributed by atoms with Crippen LogP contribution in [0.15, 0.2) is 27.8 Å². The fourth-order valence-corrected chi connectivity index (χ4v) is 1.53. The van der Waals surface area contributed by atoms with Gasteiger partial charge in [-0.15, -0.1) is 0 Å². The van der Waals surface area contributed by atoms with E-state index in [1.165, 1.54) is 0 Å². The van der Waals surface area contributed by atoms with Gasteiger partial charge in [0.25, 0.3) is 5.56 Å². The van der Waals surface area contributed by atoms with E-state index < -0.39 is 11.1 Å². The Kier molecular flexibility index (Phi) is 2.40. The molecule has 0 radical (unpaired) electrons. The van der Waals surface area contributed by atoms with E-state index in [4.69, 9.17) is 10.6 Å². The first kappa shape index (κ1) is 10.3. The maximum Gasteiger partial charge on any atom is 0.308 e. The van der Waals surface area contributed by atoms with Gasteiger partial charge in [0.15, 0.2) is 0 Å². The molecule has 0 spiro atoms. The molecule has 0 atom stereocenters. The number of benzene rings is 1. The van der Waals surface area contributed by atoms with E-state index in [-0.39, 0.29) is 23.1 Å². The quantitative estimate of drug-likeness (QED) is 0.682. The summed E-state index contributed by atoms with van der Waals surface area (Å²) in [4.78, 5) is 29.3. The molecule has 3 N–H and O–H groups in total. The fraction of sp³-hybridized carbons (Fsp3) is 0.200. The van der Waals surface area contributed by atoms with Gasteiger partial charge in [-0.2, -0.15) is 0 Å². The molecule has 16 heavy (non-hydrogen) atoms. The highest BCUT2D eigenvalue weighted by molar-refractivity contribution is 5.91. The van der Waals surface area contributed by atoms with Crippen LogP contribution < -0.4 is 21.7 Å². The standard InChI is InChI=1S/C10H11N3O3/c1-2-16-13-10(15)6-4-3-5-7(11)8(6)9(14)12-13/h3-5H,2,11H2,1H3,(H,12,14). The lowest BCUT2D eigenvalue weighted by Crippen LogP contribution is -2.34. The first-order chi connectivity index (χ1) is 7.65. The molecule has 0 saturated heterocycles. The van der Waals surface area contributed by atoms with E-state index in [2.05, 4.69) is 5.10 Å². The molecule has 1 aromatic heterocycles. The molecule has 0 aliphatic heterocycles. The minimum atomic E-state index is -0.443. The van der Waals surface area contributed by atoms with E-state index in [0.29, 0.717) is 0 Å². The van der Waals surface area contributed by atoms with Gasteiger partial charge in [-0.3, -0.25) is 9.59 Å². The highest BCUT2D eigenvalue weighted by atomic mass is 16.7. The Morgan fingerprint density at radius 1 is 1.44 bits per heavy atom. The van der Waals surface area contributed by atoms with Crippen molar-refractivity contribution in [3.63, 3.8) is 0 Å². The molecule has 0 bridgehead atoms. The van der Waals surface area contributed by atoms with Crippen molar-refractivity contribution >= 4 is 16.5 Å². The number of hydrogen-bond donors (Lipinski definition) is 2. The molecule has 0 amide bonds. The average Bonchev–Trinajstić information content (AvgIpc) is 2.25. The van der Waals surface area contributed by atoms with Crippen LogP contribution >= 0.6 is 0 Å². The van der Waals surface area contributed by atoms with Crippen LogP contribution in [0.5, 0.6) is 0 Å². The van der Waals surface area contributed by atoms with Gasteiger partial charge >= 0.3 is 5.56 Å². The lowest BCUT2D eigenvalue weighted by molar-refractivity contribution is 0.0815. The summed E-state index contributed by atoms with van der Waals surface area (Å²) in [7, 11) is 0. The number of H-pyrrole nitrogens is 1. The van der Waals surface area contributed by atoms with Gasteiger partial charge in [0.2, 0.25) is 0 Å². The number of hydrogen-bond acceptors (Lipinski definition) is 4. The summed E-state index contributed by atoms with van der Waals surface area (Å²) in [6, 6.07) is 4.73. The zero-order valence-corrected chi connectivity index (χ0v) is 8.69. The van der Waals surface area contributed by atoms with Crippen molar-refractivity contribution in [2.24, 2.45) is 0 Å². The summed E-state index contributed by atoms with van der Waals surface area (Å²) in [5.74, 6) is 0. The smallest absolute Gasteiger partial charge is 0.308 e. The molecule has 0 aliphatic carbocycles. The third-order valence-corrected chi connectivity index (χ3v) is 2.20. The molecule has 0 saturated carbocycles. The summed E-state index contributed by atoms with van der Waals surface area (Å²) >= 11 is 0. The predicted octanol–water partition coefficient (Wildman–Crippen LogP) is -0.280. The van der Waals surface area contributed by atoms with Gasteiger partial charge < -0.3 is 10.6 Å². The van der Waals surface area contributed by atoms with Crippen LogP contribution in [-0.4, -0.2) is 16.6 Å². The zero-order chi connectivity index (χ0) is 11.7. The van der Waals surface area contributed by atoms with E-state index in [0.717, 1.165) is 4.85 Å². The van der Waals surface area contributed by atoms with Crippen molar-refractivity contribution in [3.05, 3.63) is 38.9 Å². The molecular weight excluding hydrogens is 210 g/mol. The maximum atomic E-state index is 11.8. The summed E-state index contributed by atoms with van der Waals surface area (Å²) in [5.41, 5.74) is 5.05. The molecule has 0 aliphatic rings. The summed E-state index contributed by atoms with van der Waals surface area (Å²) < 4.78 is 0. The van der Waals surface area contributed by atoms with Gasteiger partial charge in [-0.1, -0.05) is 10.9 Å². The van der Waals surface area contributed by atoms with Crippen LogP contribution in [0.3, 0.4) is 0 Å². The van der Waals surface area contributed by atoms with Crippen molar-refractivity contribution in [1.29, 1.82) is 0 Å². The van der Waals surface area contributed by atoms with Crippen LogP contribution in [0.25, 0.3) is 10.8 Å². The Hall–Kier alpha value is -2.24. The minimum Gasteiger partial charge on any atom is -0.398 e. The van der Waals surface area contributed by atoms with E-state index in [1.807, 2.05) is 0 Å². The predicted molar refractivity (Wildman–Crippen MR) is 60.4 cm³/mol. The Bertz CT molecular complexity index is 642. The SMILES string of the molecule is CCOn1[nH]c(=O)c2c(N)cccc2c1=O. The molecule has 0 unspecified atom stereocenters. The summed E-state index contributed by atoms with van der Waals surface area (Å²) in [6.45, 7) is 2.00. The van der Waals surface area contributed by atoms with Crippen molar-refractivity contribution < 1.29 is 4.84 Å². The molecule has 6 nitrogen and oxygen atoms in total. The second-order valence-electron chi connectivity index (χ2n) is 3.23. The van der Waals surface area contributed by atoms with Gasteiger partial charge in [-0.05, 0) is 19.1 Å². The van der Waals surface area contributed by atoms with E-state index >= 15 is 0 Å². The Balaban J connectivity index is 2.91. The van der Waals surface area contributed by atoms with E-state index in [1.54, 1.807) is 25.1 Å². The molecule has 2 aromatic rings. The number of nitrogens with one attached hydrogen (secondary N) is 1. The second kappa shape index (κ2) is 3.73. The van der Waals surface area contributed by atoms with Gasteiger partial charge in [-0.25, -0.2) is 5.10 Å². The van der Waals surface area contributed by atoms with Crippen LogP contribution in [-0.2, 0) is 0 Å². The van der Waals surface area contributed by atoms with Crippen molar-refractivity contribution in [3.8, 4) is 0 Å². The number of anilines is 1. The molecule has 84 valence electrons. The molecule has 1 heterocycles. The zero-order valence-electron chi connectivity index (χ0n) is 8.69. The summed E-state index contributed by atoms with van der Waals surface area (Å²) in [5, 5.41) is 2.75. The van der Waals surface area contributed by atoms with Gasteiger partial charge in [0.05, 0.1) is 10.8 Å². The largest absolute Gasteiger partial charge is 0.398 e. The van der Waals surface area contributed by atoms with Crippen molar-refractivity contribution in [1.82, 2.24) is 9.94 Å². The van der Waals surface area contributed by atoms with Crippen LogP contribution in [0.4, 0.5) is 5.69 Å². The molecule has 0 fully saturated rings. The van der Waals surface area contributed by atoms with Crippen LogP contribution in [0.1, 0.15) is 6.92 Å². The molecule has 2 rings (SSSR count). The topological polar surface area (TPSA) is 90.1 Å². The Morgan fingerprint density at radius 2 is 2.19 bits per heavy atom. The van der Waals surface area contributed by atoms with Crippen molar-refractivity contribution in [2.45, 2.75) is 6.92 Å². The molecular formula is C10H11N3O3. The monoisotopic (exact) mass is 221 g/mol. The van der Waals surface area contributed by atoms with Crippen LogP contribution in [0, 0.1) is 0 Å². The van der Waals surface area contributed by atoms with E-state index in [9.17, 15) is 9.59 Å². The first-order valence-corrected chi connectivity index (χ1v) is 4.82. The highest BCUT2D eigenvalue weighted by Crippen LogP contribution is 2.12. The number of aromatic amines is 1. The fourth-order valence-electron chi connectivity index (χ4n) is 1.53. The average molecular weight is 221 g/mol. The second-order valence-corrected chi connectivity index (χ2v) is 3.23. The highest BCUT2D eigenvalue weighted by Gasteiger charge is 2.09. The number of fused-ring (bicyclic) bond motifs is 1. The number of rotatable bonds is 2. The van der Waals surface area contributed by atoms with Crippen LogP contribution in [0.2, 0.25) is 0 Å². The number of aromatic nitrogens is 2. The first-order valence-electron chi connectivity index (χ1n) is 4.82. The Morgan fingerprint density at radius 3 is 2.88 bits per heavy atom. The van der Waals surface area contributed by atoms with Gasteiger partial charge in [0, 0.05) is 5.69 Å². The normalized spacial score (nSPS) is 10.6. The third-order valence-electron chi connectivity index (χ3n) is 2.20. The third kappa shape index (κ3) is 1.44. The van der Waals surface area contributed by atoms with Crippen molar-refractivity contribution in [2.75, 3.05) is 12.3 Å². The molecule has 1 aromatic carbocycles. The number of nitrogens with two attached hydrogens (primary N) is 1.